The molecule has 5 rings (SSSR count). The number of hydrogen-bond donors (Lipinski definition) is 1. The maximum Gasteiger partial charge on any atom is 0.127 e. The molecule has 2 heterocycles. The van der Waals surface area contributed by atoms with Crippen molar-refractivity contribution in [1.29, 1.82) is 0 Å². The van der Waals surface area contributed by atoms with E-state index in [0.717, 1.165) is 69.2 Å². The Kier molecular flexibility index (Phi) is 9.69. The van der Waals surface area contributed by atoms with E-state index in [1.54, 1.807) is 0 Å². The summed E-state index contributed by atoms with van der Waals surface area (Å²) >= 11 is 0. The lowest BCUT2D eigenvalue weighted by atomic mass is 9.91. The first-order valence-corrected chi connectivity index (χ1v) is 15.6. The number of benzene rings is 3. The molecule has 0 spiro atoms. The van der Waals surface area contributed by atoms with Gasteiger partial charge < -0.3 is 20.1 Å². The molecular weight excluding hydrogens is 506 g/mol. The number of nitrogen functional groups attached to an aromatic ring is 1. The van der Waals surface area contributed by atoms with Crippen LogP contribution in [0.3, 0.4) is 0 Å². The quantitative estimate of drug-likeness (QED) is 0.195. The van der Waals surface area contributed by atoms with Crippen molar-refractivity contribution >= 4 is 5.69 Å². The second-order valence-electron chi connectivity index (χ2n) is 12.4. The van der Waals surface area contributed by atoms with Crippen LogP contribution in [0.5, 0.6) is 5.75 Å². The average Bonchev–Trinajstić information content (AvgIpc) is 3.35. The summed E-state index contributed by atoms with van der Waals surface area (Å²) in [6.45, 7) is 16.2. The maximum absolute atomic E-state index is 6.63. The van der Waals surface area contributed by atoms with Crippen molar-refractivity contribution in [3.8, 4) is 5.75 Å². The van der Waals surface area contributed by atoms with Crippen LogP contribution >= 0.6 is 0 Å². The van der Waals surface area contributed by atoms with Crippen molar-refractivity contribution < 1.29 is 9.47 Å². The Hall–Kier alpha value is -2.86. The fourth-order valence-corrected chi connectivity index (χ4v) is 6.59. The van der Waals surface area contributed by atoms with Crippen LogP contribution in [0.2, 0.25) is 0 Å². The molecule has 0 amide bonds. The summed E-state index contributed by atoms with van der Waals surface area (Å²) in [5.74, 6) is 1.08. The lowest BCUT2D eigenvalue weighted by molar-refractivity contribution is 0.0375. The Morgan fingerprint density at radius 1 is 0.780 bits per heavy atom. The monoisotopic (exact) mass is 555 g/mol. The molecule has 3 aromatic rings. The third-order valence-electron chi connectivity index (χ3n) is 9.22. The van der Waals surface area contributed by atoms with Crippen LogP contribution in [0, 0.1) is 20.8 Å². The van der Waals surface area contributed by atoms with E-state index in [1.807, 2.05) is 0 Å². The van der Waals surface area contributed by atoms with Crippen LogP contribution < -0.4 is 10.5 Å². The number of anilines is 1. The molecule has 1 fully saturated rings. The largest absolute Gasteiger partial charge is 0.485 e. The van der Waals surface area contributed by atoms with E-state index in [1.165, 1.54) is 53.6 Å². The minimum absolute atomic E-state index is 0.00931. The van der Waals surface area contributed by atoms with Crippen LogP contribution in [0.1, 0.15) is 72.1 Å². The molecule has 5 nitrogen and oxygen atoms in total. The smallest absolute Gasteiger partial charge is 0.127 e. The average molecular weight is 556 g/mol. The SMILES string of the molecule is Cc1c(C)c2c(c(C)c1N)CC(C)(CN1CCN(CCCCCCOC(c3ccccc3)c3ccccc3)CC1)O2. The highest BCUT2D eigenvalue weighted by molar-refractivity contribution is 5.66. The second-order valence-corrected chi connectivity index (χ2v) is 12.4. The summed E-state index contributed by atoms with van der Waals surface area (Å²) in [4.78, 5) is 5.23. The van der Waals surface area contributed by atoms with Crippen LogP contribution in [0.25, 0.3) is 0 Å². The zero-order chi connectivity index (χ0) is 28.8. The molecule has 1 atom stereocenters. The van der Waals surface area contributed by atoms with Gasteiger partial charge in [-0.2, -0.15) is 0 Å². The van der Waals surface area contributed by atoms with Crippen molar-refractivity contribution in [2.45, 2.75) is 71.5 Å². The Labute approximate surface area is 247 Å². The number of piperazine rings is 1. The molecule has 2 aliphatic heterocycles. The number of nitrogens with zero attached hydrogens (tertiary/aromatic N) is 2. The number of rotatable bonds is 12. The molecule has 1 unspecified atom stereocenters. The lowest BCUT2D eigenvalue weighted by Crippen LogP contribution is -2.52. The first-order chi connectivity index (χ1) is 19.8. The molecule has 1 saturated heterocycles. The van der Waals surface area contributed by atoms with Gasteiger partial charge in [0.1, 0.15) is 17.5 Å². The minimum atomic E-state index is -0.178. The summed E-state index contributed by atoms with van der Waals surface area (Å²) in [7, 11) is 0. The number of hydrogen-bond acceptors (Lipinski definition) is 5. The number of fused-ring (bicyclic) bond motifs is 1. The first-order valence-electron chi connectivity index (χ1n) is 15.6. The van der Waals surface area contributed by atoms with Crippen LogP contribution in [0.15, 0.2) is 60.7 Å². The standard InChI is InChI=1S/C36H49N3O2/c1-27-28(2)34-32(29(3)33(27)37)25-36(4,41-34)26-39-22-20-38(21-23-39)19-13-5-6-14-24-40-35(30-15-9-7-10-16-30)31-17-11-8-12-18-31/h7-12,15-18,35H,5-6,13-14,19-26,37H2,1-4H3. The van der Waals surface area contributed by atoms with Crippen molar-refractivity contribution in [1.82, 2.24) is 9.80 Å². The highest BCUT2D eigenvalue weighted by Gasteiger charge is 2.39. The molecule has 0 saturated carbocycles. The van der Waals surface area contributed by atoms with Gasteiger partial charge in [-0.1, -0.05) is 73.5 Å². The third-order valence-corrected chi connectivity index (χ3v) is 9.22. The molecule has 41 heavy (non-hydrogen) atoms. The number of ether oxygens (including phenoxy) is 2. The Bertz CT molecular complexity index is 1190. The predicted molar refractivity (Wildman–Crippen MR) is 170 cm³/mol. The van der Waals surface area contributed by atoms with Gasteiger partial charge >= 0.3 is 0 Å². The topological polar surface area (TPSA) is 51.0 Å². The van der Waals surface area contributed by atoms with Crippen molar-refractivity contribution in [2.24, 2.45) is 0 Å². The minimum Gasteiger partial charge on any atom is -0.485 e. The van der Waals surface area contributed by atoms with E-state index in [2.05, 4.69) is 98.2 Å². The highest BCUT2D eigenvalue weighted by Crippen LogP contribution is 2.44. The molecule has 3 aromatic carbocycles. The first kappa shape index (κ1) is 29.6. The lowest BCUT2D eigenvalue weighted by Gasteiger charge is -2.38. The van der Waals surface area contributed by atoms with Gasteiger partial charge in [-0.05, 0) is 74.9 Å². The van der Waals surface area contributed by atoms with E-state index in [0.29, 0.717) is 0 Å². The van der Waals surface area contributed by atoms with Crippen molar-refractivity contribution in [3.63, 3.8) is 0 Å². The Morgan fingerprint density at radius 3 is 2.00 bits per heavy atom. The van der Waals surface area contributed by atoms with Crippen LogP contribution in [0.4, 0.5) is 5.69 Å². The summed E-state index contributed by atoms with van der Waals surface area (Å²) < 4.78 is 13.0. The van der Waals surface area contributed by atoms with Crippen LogP contribution in [-0.2, 0) is 11.2 Å². The van der Waals surface area contributed by atoms with Crippen molar-refractivity contribution in [2.75, 3.05) is 51.6 Å². The van der Waals surface area contributed by atoms with Gasteiger partial charge in [-0.25, -0.2) is 0 Å². The molecule has 5 heteroatoms. The zero-order valence-corrected chi connectivity index (χ0v) is 25.6. The van der Waals surface area contributed by atoms with Gasteiger partial charge in [0.2, 0.25) is 0 Å². The third kappa shape index (κ3) is 7.14. The van der Waals surface area contributed by atoms with E-state index >= 15 is 0 Å². The van der Waals surface area contributed by atoms with E-state index in [4.69, 9.17) is 15.2 Å². The van der Waals surface area contributed by atoms with Gasteiger partial charge in [0.15, 0.2) is 0 Å². The van der Waals surface area contributed by atoms with Crippen molar-refractivity contribution in [3.05, 3.63) is 94.0 Å². The van der Waals surface area contributed by atoms with E-state index < -0.39 is 0 Å². The van der Waals surface area contributed by atoms with Gasteiger partial charge in [0, 0.05) is 57.0 Å². The summed E-state index contributed by atoms with van der Waals surface area (Å²) in [5, 5.41) is 0. The normalized spacial score (nSPS) is 19.4. The van der Waals surface area contributed by atoms with Crippen LogP contribution in [-0.4, -0.2) is 61.3 Å². The highest BCUT2D eigenvalue weighted by atomic mass is 16.5. The van der Waals surface area contributed by atoms with E-state index in [9.17, 15) is 0 Å². The molecule has 0 bridgehead atoms. The second kappa shape index (κ2) is 13.4. The molecule has 2 aliphatic rings. The van der Waals surface area contributed by atoms with E-state index in [-0.39, 0.29) is 11.7 Å². The Morgan fingerprint density at radius 2 is 1.37 bits per heavy atom. The van der Waals surface area contributed by atoms with Gasteiger partial charge in [0.05, 0.1) is 0 Å². The summed E-state index contributed by atoms with van der Waals surface area (Å²) in [6, 6.07) is 21.2. The molecule has 0 aromatic heterocycles. The summed E-state index contributed by atoms with van der Waals surface area (Å²) in [6.07, 6.45) is 5.80. The number of nitrogens with two attached hydrogens (primary N) is 1. The van der Waals surface area contributed by atoms with Gasteiger partial charge in [-0.15, -0.1) is 0 Å². The molecule has 0 radical (unpaired) electrons. The number of unbranched alkanes of at least 4 members (excludes halogenated alkanes) is 3. The van der Waals surface area contributed by atoms with Gasteiger partial charge in [-0.3, -0.25) is 4.90 Å². The fourth-order valence-electron chi connectivity index (χ4n) is 6.59. The molecule has 2 N–H and O–H groups in total. The fraction of sp³-hybridized carbons (Fsp3) is 0.500. The maximum atomic E-state index is 6.63. The Balaban J connectivity index is 0.988. The summed E-state index contributed by atoms with van der Waals surface area (Å²) in [5.41, 5.74) is 14.5. The zero-order valence-electron chi connectivity index (χ0n) is 25.6. The van der Waals surface area contributed by atoms with Gasteiger partial charge in [0.25, 0.3) is 0 Å². The molecule has 0 aliphatic carbocycles. The predicted octanol–water partition coefficient (Wildman–Crippen LogP) is 6.87. The molecular formula is C36H49N3O2. The molecule has 220 valence electrons.